The molecule has 0 aliphatic heterocycles. The fraction of sp³-hybridized carbons (Fsp3) is 0.692. The molecule has 1 unspecified atom stereocenters. The monoisotopic (exact) mass is 235 g/mol. The van der Waals surface area contributed by atoms with E-state index in [9.17, 15) is 0 Å². The van der Waals surface area contributed by atoms with E-state index in [4.69, 9.17) is 10.5 Å². The summed E-state index contributed by atoms with van der Waals surface area (Å²) in [6.07, 6.45) is 7.54. The van der Waals surface area contributed by atoms with Gasteiger partial charge in [-0.2, -0.15) is 0 Å². The maximum atomic E-state index is 5.84. The molecule has 0 spiro atoms. The molecular formula is C13H21N3O. The molecule has 2 N–H and O–H groups in total. The maximum Gasteiger partial charge on any atom is 0.158 e. The van der Waals surface area contributed by atoms with Gasteiger partial charge >= 0.3 is 0 Å². The minimum atomic E-state index is 0.0928. The number of nitrogens with two attached hydrogens (primary N) is 1. The van der Waals surface area contributed by atoms with E-state index in [1.54, 1.807) is 13.3 Å². The molecule has 1 heterocycles. The summed E-state index contributed by atoms with van der Waals surface area (Å²) in [5, 5.41) is 0. The van der Waals surface area contributed by atoms with E-state index in [-0.39, 0.29) is 6.04 Å². The molecule has 1 aliphatic carbocycles. The molecule has 0 saturated heterocycles. The second-order valence-corrected chi connectivity index (χ2v) is 4.91. The summed E-state index contributed by atoms with van der Waals surface area (Å²) < 4.78 is 5.28. The molecule has 0 bridgehead atoms. The highest BCUT2D eigenvalue weighted by atomic mass is 16.5. The molecule has 1 aliphatic rings. The molecule has 1 saturated carbocycles. The normalized spacial score (nSPS) is 18.3. The number of methoxy groups -OCH3 is 1. The van der Waals surface area contributed by atoms with Crippen molar-refractivity contribution in [2.24, 2.45) is 5.73 Å². The second kappa shape index (κ2) is 5.45. The zero-order valence-electron chi connectivity index (χ0n) is 10.6. The highest BCUT2D eigenvalue weighted by molar-refractivity contribution is 5.26. The van der Waals surface area contributed by atoms with Crippen LogP contribution in [0, 0.1) is 0 Å². The van der Waals surface area contributed by atoms with Gasteiger partial charge in [-0.15, -0.1) is 0 Å². The van der Waals surface area contributed by atoms with Crippen LogP contribution >= 0.6 is 0 Å². The van der Waals surface area contributed by atoms with Crippen molar-refractivity contribution in [2.75, 3.05) is 7.11 Å². The number of hydrogen-bond donors (Lipinski definition) is 1. The van der Waals surface area contributed by atoms with Crippen LogP contribution in [0.4, 0.5) is 0 Å². The van der Waals surface area contributed by atoms with E-state index in [2.05, 4.69) is 9.97 Å². The predicted octanol–water partition coefficient (Wildman–Crippen LogP) is 2.03. The summed E-state index contributed by atoms with van der Waals surface area (Å²) in [5.41, 5.74) is 6.78. The van der Waals surface area contributed by atoms with Crippen LogP contribution < -0.4 is 10.5 Å². The smallest absolute Gasteiger partial charge is 0.158 e. The highest BCUT2D eigenvalue weighted by Gasteiger charge is 2.21. The summed E-state index contributed by atoms with van der Waals surface area (Å²) in [4.78, 5) is 9.07. The lowest BCUT2D eigenvalue weighted by molar-refractivity contribution is 0.401. The number of rotatable bonds is 4. The molecule has 4 heteroatoms. The largest absolute Gasteiger partial charge is 0.493 e. The van der Waals surface area contributed by atoms with Gasteiger partial charge in [-0.1, -0.05) is 12.8 Å². The highest BCUT2D eigenvalue weighted by Crippen LogP contribution is 2.32. The Kier molecular flexibility index (Phi) is 3.94. The average Bonchev–Trinajstić information content (AvgIpc) is 2.81. The van der Waals surface area contributed by atoms with E-state index in [1.807, 2.05) is 6.92 Å². The zero-order chi connectivity index (χ0) is 12.3. The minimum Gasteiger partial charge on any atom is -0.493 e. The number of aromatic nitrogens is 2. The van der Waals surface area contributed by atoms with Crippen LogP contribution in [0.2, 0.25) is 0 Å². The van der Waals surface area contributed by atoms with Crippen LogP contribution in [0.3, 0.4) is 0 Å². The van der Waals surface area contributed by atoms with Crippen LogP contribution in [0.1, 0.15) is 50.0 Å². The number of hydrogen-bond acceptors (Lipinski definition) is 4. The molecule has 1 aromatic rings. The first-order valence-corrected chi connectivity index (χ1v) is 6.36. The fourth-order valence-corrected chi connectivity index (χ4v) is 2.42. The molecule has 0 aromatic carbocycles. The van der Waals surface area contributed by atoms with Crippen molar-refractivity contribution >= 4 is 0 Å². The fourth-order valence-electron chi connectivity index (χ4n) is 2.42. The van der Waals surface area contributed by atoms with Crippen molar-refractivity contribution in [3.63, 3.8) is 0 Å². The molecule has 1 atom stereocenters. The Balaban J connectivity index is 2.23. The molecule has 0 radical (unpaired) electrons. The summed E-state index contributed by atoms with van der Waals surface area (Å²) in [7, 11) is 1.65. The SMILES string of the molecule is COc1cnc(C2CCCC2)nc1CC(C)N. The van der Waals surface area contributed by atoms with Gasteiger partial charge in [-0.3, -0.25) is 0 Å². The Morgan fingerprint density at radius 1 is 1.47 bits per heavy atom. The standard InChI is InChI=1S/C13H21N3O/c1-9(14)7-11-12(17-2)8-15-13(16-11)10-5-3-4-6-10/h8-10H,3-7,14H2,1-2H3. The molecule has 2 rings (SSSR count). The van der Waals surface area contributed by atoms with Crippen molar-refractivity contribution in [1.82, 2.24) is 9.97 Å². The van der Waals surface area contributed by atoms with Crippen molar-refractivity contribution in [3.05, 3.63) is 17.7 Å². The van der Waals surface area contributed by atoms with Crippen LogP contribution in [0.15, 0.2) is 6.20 Å². The lowest BCUT2D eigenvalue weighted by Gasteiger charge is -2.13. The first-order valence-electron chi connectivity index (χ1n) is 6.36. The molecule has 1 fully saturated rings. The van der Waals surface area contributed by atoms with Crippen LogP contribution in [0.25, 0.3) is 0 Å². The van der Waals surface area contributed by atoms with Crippen molar-refractivity contribution < 1.29 is 4.74 Å². The van der Waals surface area contributed by atoms with E-state index < -0.39 is 0 Å². The first kappa shape index (κ1) is 12.3. The van der Waals surface area contributed by atoms with Crippen LogP contribution in [-0.4, -0.2) is 23.1 Å². The number of nitrogens with zero attached hydrogens (tertiary/aromatic N) is 2. The Morgan fingerprint density at radius 2 is 2.18 bits per heavy atom. The lowest BCUT2D eigenvalue weighted by atomic mass is 10.1. The van der Waals surface area contributed by atoms with Crippen LogP contribution in [-0.2, 0) is 6.42 Å². The predicted molar refractivity (Wildman–Crippen MR) is 67.1 cm³/mol. The van der Waals surface area contributed by atoms with Gasteiger partial charge in [0.15, 0.2) is 5.75 Å². The summed E-state index contributed by atoms with van der Waals surface area (Å²) in [6.45, 7) is 1.98. The first-order chi connectivity index (χ1) is 8.20. The molecular weight excluding hydrogens is 214 g/mol. The summed E-state index contributed by atoms with van der Waals surface area (Å²) in [5.74, 6) is 2.26. The van der Waals surface area contributed by atoms with E-state index >= 15 is 0 Å². The van der Waals surface area contributed by atoms with Crippen molar-refractivity contribution in [3.8, 4) is 5.75 Å². The summed E-state index contributed by atoms with van der Waals surface area (Å²) >= 11 is 0. The van der Waals surface area contributed by atoms with Gasteiger partial charge in [0, 0.05) is 18.4 Å². The van der Waals surface area contributed by atoms with Gasteiger partial charge in [0.2, 0.25) is 0 Å². The van der Waals surface area contributed by atoms with E-state index in [0.717, 1.165) is 23.7 Å². The average molecular weight is 235 g/mol. The maximum absolute atomic E-state index is 5.84. The Morgan fingerprint density at radius 3 is 2.76 bits per heavy atom. The Labute approximate surface area is 103 Å². The third kappa shape index (κ3) is 2.94. The van der Waals surface area contributed by atoms with Crippen molar-refractivity contribution in [1.29, 1.82) is 0 Å². The quantitative estimate of drug-likeness (QED) is 0.867. The second-order valence-electron chi connectivity index (χ2n) is 4.91. The van der Waals surface area contributed by atoms with Gasteiger partial charge in [0.25, 0.3) is 0 Å². The number of ether oxygens (including phenoxy) is 1. The molecule has 4 nitrogen and oxygen atoms in total. The van der Waals surface area contributed by atoms with Gasteiger partial charge in [0.05, 0.1) is 19.0 Å². The third-order valence-electron chi connectivity index (χ3n) is 3.30. The molecule has 1 aromatic heterocycles. The molecule has 17 heavy (non-hydrogen) atoms. The van der Waals surface area contributed by atoms with Gasteiger partial charge < -0.3 is 10.5 Å². The van der Waals surface area contributed by atoms with Crippen LogP contribution in [0.5, 0.6) is 5.75 Å². The zero-order valence-corrected chi connectivity index (χ0v) is 10.6. The van der Waals surface area contributed by atoms with Gasteiger partial charge in [0.1, 0.15) is 5.82 Å². The van der Waals surface area contributed by atoms with Gasteiger partial charge in [-0.25, -0.2) is 9.97 Å². The van der Waals surface area contributed by atoms with E-state index in [1.165, 1.54) is 25.7 Å². The summed E-state index contributed by atoms with van der Waals surface area (Å²) in [6, 6.07) is 0.0928. The topological polar surface area (TPSA) is 61.0 Å². The minimum absolute atomic E-state index is 0.0928. The molecule has 94 valence electrons. The lowest BCUT2D eigenvalue weighted by Crippen LogP contribution is -2.20. The Bertz CT molecular complexity index is 373. The Hall–Kier alpha value is -1.16. The third-order valence-corrected chi connectivity index (χ3v) is 3.30. The van der Waals surface area contributed by atoms with E-state index in [0.29, 0.717) is 5.92 Å². The van der Waals surface area contributed by atoms with Crippen molar-refractivity contribution in [2.45, 2.75) is 51.0 Å². The molecule has 0 amide bonds. The van der Waals surface area contributed by atoms with Gasteiger partial charge in [-0.05, 0) is 19.8 Å².